The van der Waals surface area contributed by atoms with E-state index in [1.165, 1.54) is 11.3 Å². The molecule has 1 aromatic rings. The molecular formula is C17H27LiN2O2. The summed E-state index contributed by atoms with van der Waals surface area (Å²) in [4.78, 5) is 15.2. The number of carbonyl (C=O) groups is 1. The van der Waals surface area contributed by atoms with E-state index in [9.17, 15) is 4.79 Å². The minimum absolute atomic E-state index is 0. The molecule has 4 nitrogen and oxygen atoms in total. The van der Waals surface area contributed by atoms with Crippen LogP contribution in [0.1, 0.15) is 32.8 Å². The number of carboxylic acid groups (broad SMARTS) is 1. The monoisotopic (exact) mass is 298 g/mol. The summed E-state index contributed by atoms with van der Waals surface area (Å²) in [6.07, 6.45) is 0.236. The van der Waals surface area contributed by atoms with Crippen LogP contribution < -0.4 is 4.90 Å². The van der Waals surface area contributed by atoms with Crippen LogP contribution in [0.3, 0.4) is 0 Å². The molecule has 0 saturated carbocycles. The molecule has 0 aromatic heterocycles. The third-order valence-corrected chi connectivity index (χ3v) is 4.11. The van der Waals surface area contributed by atoms with E-state index >= 15 is 0 Å². The summed E-state index contributed by atoms with van der Waals surface area (Å²) in [6, 6.07) is 8.83. The van der Waals surface area contributed by atoms with Gasteiger partial charge >= 0.3 is 24.8 Å². The minimum atomic E-state index is -0.713. The van der Waals surface area contributed by atoms with Crippen LogP contribution in [0.5, 0.6) is 0 Å². The van der Waals surface area contributed by atoms with Crippen LogP contribution in [0, 0.1) is 0 Å². The molecule has 0 bridgehead atoms. The van der Waals surface area contributed by atoms with Crippen LogP contribution in [-0.4, -0.2) is 67.6 Å². The molecule has 1 heterocycles. The molecule has 0 radical (unpaired) electrons. The Bertz CT molecular complexity index is 474. The fraction of sp³-hybridized carbons (Fsp3) is 0.588. The number of anilines is 1. The van der Waals surface area contributed by atoms with E-state index in [0.29, 0.717) is 6.54 Å². The van der Waals surface area contributed by atoms with Crippen molar-refractivity contribution in [2.45, 2.75) is 32.6 Å². The number of carboxylic acids is 1. The Morgan fingerprint density at radius 2 is 1.64 bits per heavy atom. The molecule has 0 atom stereocenters. The van der Waals surface area contributed by atoms with E-state index in [0.717, 1.165) is 26.2 Å². The maximum absolute atomic E-state index is 10.6. The Kier molecular flexibility index (Phi) is 6.99. The molecule has 5 heteroatoms. The van der Waals surface area contributed by atoms with Crippen molar-refractivity contribution in [3.05, 3.63) is 29.8 Å². The SMILES string of the molecule is CC(C)(C)c1ccc(N2CCN(CCC(=O)O)CC2)cc1.[LiH]. The summed E-state index contributed by atoms with van der Waals surface area (Å²) < 4.78 is 0. The summed E-state index contributed by atoms with van der Waals surface area (Å²) >= 11 is 0. The quantitative estimate of drug-likeness (QED) is 0.863. The maximum atomic E-state index is 10.6. The first-order valence-corrected chi connectivity index (χ1v) is 7.66. The number of piperazine rings is 1. The van der Waals surface area contributed by atoms with Crippen LogP contribution >= 0.6 is 0 Å². The fourth-order valence-corrected chi connectivity index (χ4v) is 2.66. The molecule has 1 N–H and O–H groups in total. The predicted octanol–water partition coefficient (Wildman–Crippen LogP) is 1.93. The van der Waals surface area contributed by atoms with E-state index < -0.39 is 5.97 Å². The Morgan fingerprint density at radius 1 is 1.09 bits per heavy atom. The first kappa shape index (κ1) is 19.1. The van der Waals surface area contributed by atoms with E-state index in [-0.39, 0.29) is 30.7 Å². The van der Waals surface area contributed by atoms with Crippen molar-refractivity contribution >= 4 is 30.5 Å². The van der Waals surface area contributed by atoms with Crippen molar-refractivity contribution in [3.63, 3.8) is 0 Å². The Morgan fingerprint density at radius 3 is 2.09 bits per heavy atom. The molecule has 0 amide bonds. The van der Waals surface area contributed by atoms with Gasteiger partial charge in [-0.05, 0) is 23.1 Å². The average Bonchev–Trinajstić information content (AvgIpc) is 2.45. The number of hydrogen-bond acceptors (Lipinski definition) is 3. The molecule has 2 rings (SSSR count). The van der Waals surface area contributed by atoms with Gasteiger partial charge in [-0.3, -0.25) is 9.69 Å². The predicted molar refractivity (Wildman–Crippen MR) is 93.2 cm³/mol. The van der Waals surface area contributed by atoms with Crippen molar-refractivity contribution < 1.29 is 9.90 Å². The van der Waals surface area contributed by atoms with Crippen LogP contribution in [0.15, 0.2) is 24.3 Å². The average molecular weight is 298 g/mol. The van der Waals surface area contributed by atoms with Gasteiger partial charge in [-0.25, -0.2) is 0 Å². The molecule has 1 aliphatic heterocycles. The van der Waals surface area contributed by atoms with Gasteiger partial charge in [-0.1, -0.05) is 32.9 Å². The van der Waals surface area contributed by atoms with Gasteiger partial charge in [0, 0.05) is 38.4 Å². The topological polar surface area (TPSA) is 43.8 Å². The zero-order valence-corrected chi connectivity index (χ0v) is 13.3. The number of benzene rings is 1. The van der Waals surface area contributed by atoms with Crippen LogP contribution in [0.25, 0.3) is 0 Å². The van der Waals surface area contributed by atoms with Crippen molar-refractivity contribution in [1.82, 2.24) is 4.90 Å². The standard InChI is InChI=1S/C17H26N2O2.Li.H/c1-17(2,3)14-4-6-15(7-5-14)19-12-10-18(11-13-19)9-8-16(20)21;;/h4-7H,8-13H2,1-3H3,(H,20,21);;. The molecule has 0 spiro atoms. The summed E-state index contributed by atoms with van der Waals surface area (Å²) in [7, 11) is 0. The van der Waals surface area contributed by atoms with Gasteiger partial charge in [0.15, 0.2) is 0 Å². The first-order chi connectivity index (χ1) is 9.86. The summed E-state index contributed by atoms with van der Waals surface area (Å²) in [5, 5.41) is 8.73. The normalized spacial score (nSPS) is 16.2. The van der Waals surface area contributed by atoms with Gasteiger partial charge in [-0.15, -0.1) is 0 Å². The Labute approximate surface area is 145 Å². The van der Waals surface area contributed by atoms with Crippen LogP contribution in [-0.2, 0) is 10.2 Å². The molecule has 1 aliphatic rings. The molecule has 22 heavy (non-hydrogen) atoms. The van der Waals surface area contributed by atoms with Gasteiger partial charge in [0.25, 0.3) is 0 Å². The van der Waals surface area contributed by atoms with E-state index in [2.05, 4.69) is 54.8 Å². The third kappa shape index (κ3) is 5.35. The Balaban J connectivity index is 0.00000242. The van der Waals surface area contributed by atoms with Crippen molar-refractivity contribution in [3.8, 4) is 0 Å². The molecule has 1 fully saturated rings. The summed E-state index contributed by atoms with van der Waals surface area (Å²) in [6.45, 7) is 11.1. The van der Waals surface area contributed by atoms with E-state index in [1.807, 2.05) is 0 Å². The second kappa shape index (κ2) is 8.06. The fourth-order valence-electron chi connectivity index (χ4n) is 2.66. The molecular weight excluding hydrogens is 271 g/mol. The molecule has 1 aromatic carbocycles. The van der Waals surface area contributed by atoms with Crippen molar-refractivity contribution in [1.29, 1.82) is 0 Å². The van der Waals surface area contributed by atoms with Crippen LogP contribution in [0.2, 0.25) is 0 Å². The second-order valence-electron chi connectivity index (χ2n) is 6.77. The zero-order valence-electron chi connectivity index (χ0n) is 13.3. The van der Waals surface area contributed by atoms with Crippen LogP contribution in [0.4, 0.5) is 5.69 Å². The van der Waals surface area contributed by atoms with Crippen molar-refractivity contribution in [2.75, 3.05) is 37.6 Å². The third-order valence-electron chi connectivity index (χ3n) is 4.11. The number of rotatable bonds is 4. The molecule has 0 unspecified atom stereocenters. The zero-order chi connectivity index (χ0) is 15.5. The van der Waals surface area contributed by atoms with Crippen molar-refractivity contribution in [2.24, 2.45) is 0 Å². The van der Waals surface area contributed by atoms with E-state index in [1.54, 1.807) is 0 Å². The first-order valence-electron chi connectivity index (χ1n) is 7.66. The Hall–Kier alpha value is -0.953. The van der Waals surface area contributed by atoms with Gasteiger partial charge < -0.3 is 10.0 Å². The number of hydrogen-bond donors (Lipinski definition) is 1. The van der Waals surface area contributed by atoms with Gasteiger partial charge in [0.05, 0.1) is 6.42 Å². The second-order valence-corrected chi connectivity index (χ2v) is 6.77. The summed E-state index contributed by atoms with van der Waals surface area (Å²) in [5.74, 6) is -0.713. The summed E-state index contributed by atoms with van der Waals surface area (Å²) in [5.41, 5.74) is 2.81. The van der Waals surface area contributed by atoms with Gasteiger partial charge in [0.2, 0.25) is 0 Å². The molecule has 1 saturated heterocycles. The van der Waals surface area contributed by atoms with Gasteiger partial charge in [-0.2, -0.15) is 0 Å². The number of aliphatic carboxylic acids is 1. The molecule has 118 valence electrons. The van der Waals surface area contributed by atoms with E-state index in [4.69, 9.17) is 5.11 Å². The number of nitrogens with zero attached hydrogens (tertiary/aromatic N) is 2. The molecule has 0 aliphatic carbocycles. The van der Waals surface area contributed by atoms with Gasteiger partial charge in [0.1, 0.15) is 0 Å².